The number of nitrogens with two attached hydrogens (primary N) is 1. The molecule has 1 aromatic carbocycles. The van der Waals surface area contributed by atoms with Gasteiger partial charge in [-0.2, -0.15) is 0 Å². The average Bonchev–Trinajstić information content (AvgIpc) is 2.83. The van der Waals surface area contributed by atoms with Gasteiger partial charge in [0.25, 0.3) is 5.91 Å². The SMILES string of the molecule is NS(=O)(=O)c1ccc(N2CCOCC2)c(C(=O)NCc2ccc(N3CCCCC3)nc2)c1. The Balaban J connectivity index is 1.49. The first-order valence-corrected chi connectivity index (χ1v) is 12.4. The molecule has 0 aliphatic carbocycles. The van der Waals surface area contributed by atoms with Crippen molar-refractivity contribution in [2.45, 2.75) is 30.7 Å². The summed E-state index contributed by atoms with van der Waals surface area (Å²) in [6.45, 7) is 4.67. The number of rotatable bonds is 6. The lowest BCUT2D eigenvalue weighted by Gasteiger charge is -2.30. The van der Waals surface area contributed by atoms with E-state index >= 15 is 0 Å². The number of piperidine rings is 1. The van der Waals surface area contributed by atoms with Crippen molar-refractivity contribution in [3.05, 3.63) is 47.7 Å². The van der Waals surface area contributed by atoms with Crippen LogP contribution in [0.4, 0.5) is 11.5 Å². The fourth-order valence-electron chi connectivity index (χ4n) is 4.06. The highest BCUT2D eigenvalue weighted by atomic mass is 32.2. The van der Waals surface area contributed by atoms with Crippen molar-refractivity contribution in [3.8, 4) is 0 Å². The molecular weight excluding hydrogens is 430 g/mol. The number of primary sulfonamides is 1. The van der Waals surface area contributed by atoms with Gasteiger partial charge in [0.05, 0.1) is 23.7 Å². The van der Waals surface area contributed by atoms with Gasteiger partial charge < -0.3 is 19.9 Å². The molecule has 0 atom stereocenters. The van der Waals surface area contributed by atoms with Crippen LogP contribution >= 0.6 is 0 Å². The van der Waals surface area contributed by atoms with E-state index < -0.39 is 10.0 Å². The van der Waals surface area contributed by atoms with Gasteiger partial charge in [-0.1, -0.05) is 6.07 Å². The summed E-state index contributed by atoms with van der Waals surface area (Å²) in [6.07, 6.45) is 5.40. The van der Waals surface area contributed by atoms with Crippen LogP contribution in [0.25, 0.3) is 0 Å². The lowest BCUT2D eigenvalue weighted by Crippen LogP contribution is -2.38. The van der Waals surface area contributed by atoms with Crippen LogP contribution < -0.4 is 20.3 Å². The number of aromatic nitrogens is 1. The van der Waals surface area contributed by atoms with Crippen LogP contribution in [0.1, 0.15) is 35.2 Å². The second kappa shape index (κ2) is 9.85. The summed E-state index contributed by atoms with van der Waals surface area (Å²) in [5.41, 5.74) is 1.81. The van der Waals surface area contributed by atoms with Crippen molar-refractivity contribution in [2.75, 3.05) is 49.2 Å². The minimum atomic E-state index is -3.93. The van der Waals surface area contributed by atoms with Gasteiger partial charge in [0, 0.05) is 44.6 Å². The van der Waals surface area contributed by atoms with Gasteiger partial charge in [-0.25, -0.2) is 18.5 Å². The van der Waals surface area contributed by atoms with Crippen molar-refractivity contribution in [2.24, 2.45) is 5.14 Å². The van der Waals surface area contributed by atoms with Crippen LogP contribution in [0.15, 0.2) is 41.4 Å². The molecule has 2 fully saturated rings. The first kappa shape index (κ1) is 22.5. The molecule has 0 spiro atoms. The molecule has 3 N–H and O–H groups in total. The summed E-state index contributed by atoms with van der Waals surface area (Å²) >= 11 is 0. The smallest absolute Gasteiger partial charge is 0.253 e. The first-order valence-electron chi connectivity index (χ1n) is 10.9. The number of anilines is 2. The largest absolute Gasteiger partial charge is 0.378 e. The summed E-state index contributed by atoms with van der Waals surface area (Å²) in [5, 5.41) is 8.18. The molecule has 0 bridgehead atoms. The first-order chi connectivity index (χ1) is 15.4. The second-order valence-electron chi connectivity index (χ2n) is 8.08. The van der Waals surface area contributed by atoms with Crippen LogP contribution in [0.3, 0.4) is 0 Å². The number of hydrogen-bond acceptors (Lipinski definition) is 7. The van der Waals surface area contributed by atoms with Gasteiger partial charge >= 0.3 is 0 Å². The van der Waals surface area contributed by atoms with Crippen LogP contribution in [0.2, 0.25) is 0 Å². The number of benzene rings is 1. The zero-order chi connectivity index (χ0) is 22.6. The van der Waals surface area contributed by atoms with Gasteiger partial charge in [0.15, 0.2) is 0 Å². The fraction of sp³-hybridized carbons (Fsp3) is 0.455. The van der Waals surface area contributed by atoms with Crippen molar-refractivity contribution < 1.29 is 17.9 Å². The molecule has 32 heavy (non-hydrogen) atoms. The molecule has 172 valence electrons. The van der Waals surface area contributed by atoms with Crippen molar-refractivity contribution in [3.63, 3.8) is 0 Å². The average molecular weight is 460 g/mol. The molecule has 0 unspecified atom stereocenters. The topological polar surface area (TPSA) is 118 Å². The van der Waals surface area contributed by atoms with Gasteiger partial charge in [-0.05, 0) is 49.1 Å². The Morgan fingerprint density at radius 3 is 2.44 bits per heavy atom. The van der Waals surface area contributed by atoms with E-state index in [9.17, 15) is 13.2 Å². The predicted octanol–water partition coefficient (Wildman–Crippen LogP) is 1.49. The molecule has 2 aliphatic heterocycles. The quantitative estimate of drug-likeness (QED) is 0.672. The number of pyridine rings is 1. The number of carbonyl (C=O) groups is 1. The van der Waals surface area contributed by atoms with Gasteiger partial charge in [0.1, 0.15) is 5.82 Å². The number of nitrogens with one attached hydrogen (secondary N) is 1. The van der Waals surface area contributed by atoms with Crippen molar-refractivity contribution >= 4 is 27.4 Å². The molecule has 1 amide bonds. The van der Waals surface area contributed by atoms with Gasteiger partial charge in [-0.15, -0.1) is 0 Å². The molecule has 0 radical (unpaired) electrons. The summed E-state index contributed by atoms with van der Waals surface area (Å²) in [7, 11) is -3.93. The maximum Gasteiger partial charge on any atom is 0.253 e. The maximum absolute atomic E-state index is 13.0. The summed E-state index contributed by atoms with van der Waals surface area (Å²) in [6, 6.07) is 8.34. The van der Waals surface area contributed by atoms with Gasteiger partial charge in [-0.3, -0.25) is 4.79 Å². The third-order valence-electron chi connectivity index (χ3n) is 5.84. The Morgan fingerprint density at radius 2 is 1.78 bits per heavy atom. The van der Waals surface area contributed by atoms with Crippen molar-refractivity contribution in [1.82, 2.24) is 10.3 Å². The number of carbonyl (C=O) groups excluding carboxylic acids is 1. The van der Waals surface area contributed by atoms with E-state index in [0.717, 1.165) is 24.5 Å². The molecule has 2 saturated heterocycles. The Morgan fingerprint density at radius 1 is 1.03 bits per heavy atom. The second-order valence-corrected chi connectivity index (χ2v) is 9.64. The standard InChI is InChI=1S/C22H29N5O4S/c23-32(29,30)18-5-6-20(26-10-12-31-13-11-26)19(14-18)22(28)25-16-17-4-7-21(24-15-17)27-8-2-1-3-9-27/h4-7,14-15H,1-3,8-13,16H2,(H,25,28)(H2,23,29,30). The molecule has 0 saturated carbocycles. The predicted molar refractivity (Wildman–Crippen MR) is 122 cm³/mol. The molecule has 9 nitrogen and oxygen atoms in total. The van der Waals surface area contributed by atoms with E-state index in [4.69, 9.17) is 9.88 Å². The minimum absolute atomic E-state index is 0.0905. The highest BCUT2D eigenvalue weighted by Crippen LogP contribution is 2.25. The van der Waals surface area contributed by atoms with Crippen LogP contribution in [0.5, 0.6) is 0 Å². The van der Waals surface area contributed by atoms with E-state index in [1.807, 2.05) is 17.0 Å². The van der Waals surface area contributed by atoms with Crippen LogP contribution in [-0.2, 0) is 21.3 Å². The Kier molecular flexibility index (Phi) is 6.92. The minimum Gasteiger partial charge on any atom is -0.378 e. The fourth-order valence-corrected chi connectivity index (χ4v) is 4.60. The zero-order valence-electron chi connectivity index (χ0n) is 18.0. The number of sulfonamides is 1. The zero-order valence-corrected chi connectivity index (χ0v) is 18.8. The lowest BCUT2D eigenvalue weighted by molar-refractivity contribution is 0.0949. The third kappa shape index (κ3) is 5.37. The molecule has 1 aromatic heterocycles. The molecular formula is C22H29N5O4S. The highest BCUT2D eigenvalue weighted by molar-refractivity contribution is 7.89. The number of amides is 1. The molecule has 3 heterocycles. The number of nitrogens with zero attached hydrogens (tertiary/aromatic N) is 3. The Hall–Kier alpha value is -2.69. The highest BCUT2D eigenvalue weighted by Gasteiger charge is 2.22. The molecule has 2 aromatic rings. The van der Waals surface area contributed by atoms with E-state index in [0.29, 0.717) is 32.0 Å². The molecule has 2 aliphatic rings. The maximum atomic E-state index is 13.0. The van der Waals surface area contributed by atoms with E-state index in [2.05, 4.69) is 15.2 Å². The lowest BCUT2D eigenvalue weighted by atomic mass is 10.1. The van der Waals surface area contributed by atoms with Gasteiger partial charge in [0.2, 0.25) is 10.0 Å². The molecule has 10 heteroatoms. The molecule has 4 rings (SSSR count). The third-order valence-corrected chi connectivity index (χ3v) is 6.75. The Labute approximate surface area is 188 Å². The Bertz CT molecular complexity index is 1050. The van der Waals surface area contributed by atoms with E-state index in [1.165, 1.54) is 31.4 Å². The van der Waals surface area contributed by atoms with E-state index in [-0.39, 0.29) is 22.9 Å². The monoisotopic (exact) mass is 459 g/mol. The van der Waals surface area contributed by atoms with Crippen LogP contribution in [-0.4, -0.2) is 58.7 Å². The summed E-state index contributed by atoms with van der Waals surface area (Å²) < 4.78 is 29.1. The number of ether oxygens (including phenoxy) is 1. The normalized spacial score (nSPS) is 17.3. The summed E-state index contributed by atoms with van der Waals surface area (Å²) in [4.78, 5) is 21.8. The number of hydrogen-bond donors (Lipinski definition) is 2. The van der Waals surface area contributed by atoms with Crippen molar-refractivity contribution in [1.29, 1.82) is 0 Å². The van der Waals surface area contributed by atoms with Crippen LogP contribution in [0, 0.1) is 0 Å². The van der Waals surface area contributed by atoms with E-state index in [1.54, 1.807) is 12.3 Å². The summed E-state index contributed by atoms with van der Waals surface area (Å²) in [5.74, 6) is 0.590. The number of morpholine rings is 1.